The molecule has 0 aliphatic carbocycles. The first-order valence-electron chi connectivity index (χ1n) is 12.8. The van der Waals surface area contributed by atoms with Gasteiger partial charge in [0.1, 0.15) is 28.2 Å². The molecule has 0 unspecified atom stereocenters. The van der Waals surface area contributed by atoms with E-state index in [1.54, 1.807) is 11.8 Å². The number of nitrogen functional groups attached to an aromatic ring is 1. The highest BCUT2D eigenvalue weighted by molar-refractivity contribution is 7.23. The van der Waals surface area contributed by atoms with Crippen LogP contribution < -0.4 is 15.4 Å². The van der Waals surface area contributed by atoms with Crippen molar-refractivity contribution in [3.8, 4) is 29.3 Å². The van der Waals surface area contributed by atoms with E-state index in [0.29, 0.717) is 18.9 Å². The van der Waals surface area contributed by atoms with Crippen molar-refractivity contribution < 1.29 is 18.3 Å². The van der Waals surface area contributed by atoms with Crippen LogP contribution in [0.5, 0.6) is 6.01 Å². The second-order valence-corrected chi connectivity index (χ2v) is 10.7. The maximum Gasteiger partial charge on any atom is 0.319 e. The van der Waals surface area contributed by atoms with Crippen molar-refractivity contribution in [2.75, 3.05) is 30.3 Å². The first-order chi connectivity index (χ1) is 19.6. The molecule has 4 aromatic rings. The lowest BCUT2D eigenvalue weighted by molar-refractivity contribution is -0.128. The SMILES string of the molecule is C=CC(=O)N1C[C@H](C)N(c2nc(OCC)nc3c(F)c(-c4ccc(F)c5sc(N)c(C#N)c45)c(C#N)cc23)C[C@H]1C. The number of anilines is 2. The van der Waals surface area contributed by atoms with Gasteiger partial charge in [-0.15, -0.1) is 11.3 Å². The number of aromatic nitrogens is 2. The van der Waals surface area contributed by atoms with E-state index >= 15 is 4.39 Å². The third-order valence-electron chi connectivity index (χ3n) is 7.20. The topological polar surface area (TPSA) is 132 Å². The molecule has 41 heavy (non-hydrogen) atoms. The molecule has 208 valence electrons. The molecule has 1 amide bonds. The number of benzene rings is 2. The average molecular weight is 574 g/mol. The Balaban J connectivity index is 1.79. The van der Waals surface area contributed by atoms with E-state index in [4.69, 9.17) is 10.5 Å². The Morgan fingerprint density at radius 1 is 1.24 bits per heavy atom. The second-order valence-electron chi connectivity index (χ2n) is 9.68. The van der Waals surface area contributed by atoms with Crippen LogP contribution in [0.4, 0.5) is 19.6 Å². The van der Waals surface area contributed by atoms with Crippen LogP contribution in [0.3, 0.4) is 0 Å². The fourth-order valence-corrected chi connectivity index (χ4v) is 6.26. The second kappa shape index (κ2) is 10.6. The van der Waals surface area contributed by atoms with E-state index in [0.717, 1.165) is 17.4 Å². The van der Waals surface area contributed by atoms with Crippen molar-refractivity contribution >= 4 is 49.1 Å². The van der Waals surface area contributed by atoms with Crippen molar-refractivity contribution in [2.45, 2.75) is 32.9 Å². The summed E-state index contributed by atoms with van der Waals surface area (Å²) in [6.45, 7) is 10.1. The summed E-state index contributed by atoms with van der Waals surface area (Å²) < 4.78 is 37.1. The van der Waals surface area contributed by atoms with Gasteiger partial charge in [0.25, 0.3) is 0 Å². The van der Waals surface area contributed by atoms with Gasteiger partial charge in [0.2, 0.25) is 5.91 Å². The van der Waals surface area contributed by atoms with E-state index in [9.17, 15) is 19.7 Å². The molecule has 1 aliphatic heterocycles. The lowest BCUT2D eigenvalue weighted by Gasteiger charge is -2.44. The number of thiophene rings is 1. The molecule has 1 saturated heterocycles. The van der Waals surface area contributed by atoms with Gasteiger partial charge in [-0.05, 0) is 44.5 Å². The summed E-state index contributed by atoms with van der Waals surface area (Å²) in [6.07, 6.45) is 1.27. The van der Waals surface area contributed by atoms with Gasteiger partial charge in [-0.3, -0.25) is 4.79 Å². The number of piperazine rings is 1. The van der Waals surface area contributed by atoms with Gasteiger partial charge >= 0.3 is 6.01 Å². The van der Waals surface area contributed by atoms with Crippen LogP contribution in [0.1, 0.15) is 31.9 Å². The Bertz CT molecular complexity index is 1820. The Morgan fingerprint density at radius 3 is 2.66 bits per heavy atom. The predicted molar refractivity (Wildman–Crippen MR) is 153 cm³/mol. The van der Waals surface area contributed by atoms with Crippen LogP contribution in [-0.2, 0) is 4.79 Å². The largest absolute Gasteiger partial charge is 0.464 e. The molecule has 2 atom stereocenters. The van der Waals surface area contributed by atoms with E-state index in [2.05, 4.69) is 22.6 Å². The van der Waals surface area contributed by atoms with Gasteiger partial charge in [-0.2, -0.15) is 20.5 Å². The van der Waals surface area contributed by atoms with Crippen LogP contribution in [-0.4, -0.2) is 52.6 Å². The van der Waals surface area contributed by atoms with Crippen molar-refractivity contribution in [3.05, 3.63) is 53.6 Å². The summed E-state index contributed by atoms with van der Waals surface area (Å²) in [4.78, 5) is 25.0. The molecule has 0 saturated carbocycles. The number of hydrogen-bond donors (Lipinski definition) is 1. The lowest BCUT2D eigenvalue weighted by atomic mass is 9.93. The summed E-state index contributed by atoms with van der Waals surface area (Å²) in [5, 5.41) is 20.4. The number of nitriles is 2. The van der Waals surface area contributed by atoms with Gasteiger partial charge in [-0.1, -0.05) is 12.6 Å². The molecular formula is C29H25F2N7O2S. The number of carbonyl (C=O) groups is 1. The predicted octanol–water partition coefficient (Wildman–Crippen LogP) is 5.13. The van der Waals surface area contributed by atoms with Crippen LogP contribution in [0, 0.1) is 34.3 Å². The Hall–Kier alpha value is -4.81. The van der Waals surface area contributed by atoms with Crippen molar-refractivity contribution in [1.29, 1.82) is 10.5 Å². The van der Waals surface area contributed by atoms with Crippen LogP contribution in [0.2, 0.25) is 0 Å². The molecular weight excluding hydrogens is 548 g/mol. The molecule has 2 aromatic heterocycles. The highest BCUT2D eigenvalue weighted by Gasteiger charge is 2.34. The number of rotatable bonds is 5. The number of nitrogens with zero attached hydrogens (tertiary/aromatic N) is 6. The molecule has 2 aromatic carbocycles. The third kappa shape index (κ3) is 4.46. The normalized spacial score (nSPS) is 17.0. The van der Waals surface area contributed by atoms with Gasteiger partial charge < -0.3 is 20.3 Å². The average Bonchev–Trinajstić information content (AvgIpc) is 3.31. The molecule has 1 aliphatic rings. The number of hydrogen-bond acceptors (Lipinski definition) is 9. The molecule has 2 N–H and O–H groups in total. The van der Waals surface area contributed by atoms with E-state index in [1.165, 1.54) is 18.2 Å². The monoisotopic (exact) mass is 573 g/mol. The number of nitrogens with two attached hydrogens (primary N) is 1. The fraction of sp³-hybridized carbons (Fsp3) is 0.276. The maximum absolute atomic E-state index is 16.6. The lowest BCUT2D eigenvalue weighted by Crippen LogP contribution is -2.58. The number of amides is 1. The van der Waals surface area contributed by atoms with E-state index in [-0.39, 0.29) is 78.9 Å². The molecule has 0 radical (unpaired) electrons. The quantitative estimate of drug-likeness (QED) is 0.325. The number of ether oxygens (including phenoxy) is 1. The Morgan fingerprint density at radius 2 is 2.00 bits per heavy atom. The number of halogens is 2. The molecule has 12 heteroatoms. The molecule has 3 heterocycles. The van der Waals surface area contributed by atoms with Crippen molar-refractivity contribution in [1.82, 2.24) is 14.9 Å². The van der Waals surface area contributed by atoms with Gasteiger partial charge in [0, 0.05) is 41.5 Å². The summed E-state index contributed by atoms with van der Waals surface area (Å²) in [5.41, 5.74) is 5.88. The molecule has 0 bridgehead atoms. The summed E-state index contributed by atoms with van der Waals surface area (Å²) in [5.74, 6) is -1.29. The fourth-order valence-electron chi connectivity index (χ4n) is 5.31. The molecule has 0 spiro atoms. The smallest absolute Gasteiger partial charge is 0.319 e. The first-order valence-corrected chi connectivity index (χ1v) is 13.6. The van der Waals surface area contributed by atoms with E-state index in [1.807, 2.05) is 24.8 Å². The van der Waals surface area contributed by atoms with Crippen LogP contribution in [0.15, 0.2) is 30.9 Å². The summed E-state index contributed by atoms with van der Waals surface area (Å²) in [7, 11) is 0. The number of fused-ring (bicyclic) bond motifs is 2. The zero-order chi connectivity index (χ0) is 29.6. The minimum absolute atomic E-state index is 0.0102. The zero-order valence-corrected chi connectivity index (χ0v) is 23.4. The van der Waals surface area contributed by atoms with Crippen LogP contribution >= 0.6 is 11.3 Å². The molecule has 9 nitrogen and oxygen atoms in total. The highest BCUT2D eigenvalue weighted by atomic mass is 32.1. The van der Waals surface area contributed by atoms with E-state index < -0.39 is 11.6 Å². The van der Waals surface area contributed by atoms with Gasteiger partial charge in [0.15, 0.2) is 5.82 Å². The Labute approximate surface area is 238 Å². The van der Waals surface area contributed by atoms with Crippen molar-refractivity contribution in [2.24, 2.45) is 0 Å². The summed E-state index contributed by atoms with van der Waals surface area (Å²) >= 11 is 0.885. The minimum Gasteiger partial charge on any atom is -0.464 e. The minimum atomic E-state index is -0.841. The Kier molecular flexibility index (Phi) is 7.20. The zero-order valence-electron chi connectivity index (χ0n) is 22.5. The molecule has 5 rings (SSSR count). The third-order valence-corrected chi connectivity index (χ3v) is 8.23. The van der Waals surface area contributed by atoms with Crippen molar-refractivity contribution in [3.63, 3.8) is 0 Å². The molecule has 1 fully saturated rings. The van der Waals surface area contributed by atoms with Gasteiger partial charge in [-0.25, -0.2) is 8.78 Å². The van der Waals surface area contributed by atoms with Gasteiger partial charge in [0.05, 0.1) is 28.5 Å². The summed E-state index contributed by atoms with van der Waals surface area (Å²) in [6, 6.07) is 7.53. The first kappa shape index (κ1) is 27.7. The highest BCUT2D eigenvalue weighted by Crippen LogP contribution is 2.44. The maximum atomic E-state index is 16.6. The number of carbonyl (C=O) groups excluding carboxylic acids is 1. The standard InChI is InChI=1S/C29H25F2N7O2S/c1-5-21(39)37-12-15(4)38(13-14(37)3)28-18-9-16(10-32)22(24(31)25(18)35-29(36-28)40-6-2)17-7-8-20(30)26-23(17)19(11-33)27(34)41-26/h5,7-9,14-15H,1,6,12-13,34H2,2-4H3/t14-,15+/m1/s1. The van der Waals surface area contributed by atoms with Crippen LogP contribution in [0.25, 0.3) is 32.1 Å².